The van der Waals surface area contributed by atoms with E-state index in [9.17, 15) is 13.2 Å². The van der Waals surface area contributed by atoms with Gasteiger partial charge in [-0.05, 0) is 37.1 Å². The first-order valence-corrected chi connectivity index (χ1v) is 8.01. The number of carbonyl (C=O) groups is 1. The molecule has 0 spiro atoms. The van der Waals surface area contributed by atoms with E-state index in [-0.39, 0.29) is 17.4 Å². The summed E-state index contributed by atoms with van der Waals surface area (Å²) in [6.45, 7) is 0.519. The zero-order valence-electron chi connectivity index (χ0n) is 11.7. The Hall–Kier alpha value is -1.91. The fourth-order valence-electron chi connectivity index (χ4n) is 2.37. The van der Waals surface area contributed by atoms with Crippen molar-refractivity contribution in [3.8, 4) is 6.07 Å². The van der Waals surface area contributed by atoms with E-state index in [1.54, 1.807) is 0 Å². The van der Waals surface area contributed by atoms with Crippen LogP contribution in [0.4, 0.5) is 0 Å². The lowest BCUT2D eigenvalue weighted by atomic mass is 10.0. The molecule has 0 amide bonds. The van der Waals surface area contributed by atoms with Crippen LogP contribution < -0.4 is 0 Å². The number of piperidine rings is 1. The Balaban J connectivity index is 2.22. The second-order valence-corrected chi connectivity index (χ2v) is 6.80. The van der Waals surface area contributed by atoms with E-state index in [1.807, 2.05) is 6.07 Å². The van der Waals surface area contributed by atoms with Crippen LogP contribution in [0.5, 0.6) is 0 Å². The average molecular weight is 308 g/mol. The van der Waals surface area contributed by atoms with Gasteiger partial charge in [0.1, 0.15) is 0 Å². The quantitative estimate of drug-likeness (QED) is 0.781. The number of nitrogens with zero attached hydrogens (tertiary/aromatic N) is 2. The van der Waals surface area contributed by atoms with Gasteiger partial charge in [0.05, 0.1) is 29.6 Å². The summed E-state index contributed by atoms with van der Waals surface area (Å²) in [6.07, 6.45) is 1.25. The van der Waals surface area contributed by atoms with E-state index in [4.69, 9.17) is 10.00 Å². The van der Waals surface area contributed by atoms with Crippen molar-refractivity contribution < 1.29 is 17.9 Å². The largest absolute Gasteiger partial charge is 0.469 e. The van der Waals surface area contributed by atoms with Crippen molar-refractivity contribution in [1.82, 2.24) is 4.31 Å². The normalized spacial score (nSPS) is 19.7. The summed E-state index contributed by atoms with van der Waals surface area (Å²) in [5.41, 5.74) is 0.403. The van der Waals surface area contributed by atoms with Gasteiger partial charge in [-0.3, -0.25) is 4.79 Å². The molecule has 0 radical (unpaired) electrons. The third-order valence-electron chi connectivity index (χ3n) is 3.54. The highest BCUT2D eigenvalue weighted by Gasteiger charge is 2.33. The fraction of sp³-hybridized carbons (Fsp3) is 0.429. The molecule has 2 rings (SSSR count). The molecule has 6 nitrogen and oxygen atoms in total. The number of rotatable bonds is 3. The van der Waals surface area contributed by atoms with Gasteiger partial charge in [-0.15, -0.1) is 0 Å². The number of sulfonamides is 1. The van der Waals surface area contributed by atoms with Gasteiger partial charge in [-0.1, -0.05) is 0 Å². The molecular formula is C14H16N2O4S. The van der Waals surface area contributed by atoms with Crippen LogP contribution in [-0.4, -0.2) is 38.9 Å². The summed E-state index contributed by atoms with van der Waals surface area (Å²) in [5.74, 6) is -0.799. The number of hydrogen-bond donors (Lipinski definition) is 0. The Labute approximate surface area is 124 Å². The molecule has 1 aliphatic heterocycles. The zero-order valence-corrected chi connectivity index (χ0v) is 12.5. The number of ether oxygens (including phenoxy) is 1. The van der Waals surface area contributed by atoms with Gasteiger partial charge in [0.2, 0.25) is 10.0 Å². The predicted octanol–water partition coefficient (Wildman–Crippen LogP) is 1.13. The Morgan fingerprint density at radius 2 is 2.05 bits per heavy atom. The van der Waals surface area contributed by atoms with Gasteiger partial charge >= 0.3 is 5.97 Å². The van der Waals surface area contributed by atoms with Gasteiger partial charge in [0.25, 0.3) is 0 Å². The maximum atomic E-state index is 12.5. The summed E-state index contributed by atoms with van der Waals surface area (Å²) in [4.78, 5) is 11.7. The van der Waals surface area contributed by atoms with Crippen molar-refractivity contribution in [2.75, 3.05) is 20.2 Å². The van der Waals surface area contributed by atoms with Crippen molar-refractivity contribution in [1.29, 1.82) is 5.26 Å². The molecule has 1 aromatic rings. The SMILES string of the molecule is COC(=O)[C@H]1CCCN(S(=O)(=O)c2ccc(C#N)cc2)C1. The molecule has 1 saturated heterocycles. The van der Waals surface area contributed by atoms with Crippen LogP contribution in [0.25, 0.3) is 0 Å². The topological polar surface area (TPSA) is 87.5 Å². The lowest BCUT2D eigenvalue weighted by molar-refractivity contribution is -0.146. The first kappa shape index (κ1) is 15.5. The molecule has 0 N–H and O–H groups in total. The third kappa shape index (κ3) is 3.23. The van der Waals surface area contributed by atoms with Gasteiger partial charge in [0.15, 0.2) is 0 Å². The molecule has 0 unspecified atom stereocenters. The highest BCUT2D eigenvalue weighted by Crippen LogP contribution is 2.24. The summed E-state index contributed by atoms with van der Waals surface area (Å²) in [7, 11) is -2.34. The molecule has 112 valence electrons. The summed E-state index contributed by atoms with van der Waals surface area (Å²) < 4.78 is 31.1. The molecule has 0 aliphatic carbocycles. The van der Waals surface area contributed by atoms with E-state index < -0.39 is 15.9 Å². The van der Waals surface area contributed by atoms with Crippen molar-refractivity contribution >= 4 is 16.0 Å². The lowest BCUT2D eigenvalue weighted by Crippen LogP contribution is -2.42. The molecule has 0 aromatic heterocycles. The van der Waals surface area contributed by atoms with Crippen LogP contribution in [0.3, 0.4) is 0 Å². The Morgan fingerprint density at radius 1 is 1.38 bits per heavy atom. The molecule has 1 heterocycles. The molecule has 1 aromatic carbocycles. The molecule has 7 heteroatoms. The minimum absolute atomic E-state index is 0.131. The van der Waals surface area contributed by atoms with E-state index in [1.165, 1.54) is 35.7 Å². The van der Waals surface area contributed by atoms with E-state index in [2.05, 4.69) is 0 Å². The van der Waals surface area contributed by atoms with Gasteiger partial charge < -0.3 is 4.74 Å². The Kier molecular flexibility index (Phi) is 4.60. The Bertz CT molecular complexity index is 661. The molecular weight excluding hydrogens is 292 g/mol. The van der Waals surface area contributed by atoms with Crippen molar-refractivity contribution in [3.63, 3.8) is 0 Å². The first-order chi connectivity index (χ1) is 9.98. The maximum absolute atomic E-state index is 12.5. The zero-order chi connectivity index (χ0) is 15.5. The summed E-state index contributed by atoms with van der Waals surface area (Å²) in [6, 6.07) is 7.70. The average Bonchev–Trinajstić information content (AvgIpc) is 2.54. The number of hydrogen-bond acceptors (Lipinski definition) is 5. The maximum Gasteiger partial charge on any atom is 0.309 e. The molecule has 21 heavy (non-hydrogen) atoms. The second kappa shape index (κ2) is 6.24. The van der Waals surface area contributed by atoms with Crippen molar-refractivity contribution in [2.24, 2.45) is 5.92 Å². The number of carbonyl (C=O) groups excluding carboxylic acids is 1. The van der Waals surface area contributed by atoms with Gasteiger partial charge in [0, 0.05) is 13.1 Å². The molecule has 1 atom stereocenters. The van der Waals surface area contributed by atoms with Gasteiger partial charge in [-0.2, -0.15) is 9.57 Å². The minimum Gasteiger partial charge on any atom is -0.469 e. The number of nitriles is 1. The second-order valence-electron chi connectivity index (χ2n) is 4.86. The lowest BCUT2D eigenvalue weighted by Gasteiger charge is -2.30. The first-order valence-electron chi connectivity index (χ1n) is 6.57. The minimum atomic E-state index is -3.65. The highest BCUT2D eigenvalue weighted by molar-refractivity contribution is 7.89. The van der Waals surface area contributed by atoms with Gasteiger partial charge in [-0.25, -0.2) is 8.42 Å². The number of methoxy groups -OCH3 is 1. The van der Waals surface area contributed by atoms with Crippen molar-refractivity contribution in [3.05, 3.63) is 29.8 Å². The summed E-state index contributed by atoms with van der Waals surface area (Å²) >= 11 is 0. The molecule has 0 saturated carbocycles. The van der Waals surface area contributed by atoms with Crippen molar-refractivity contribution in [2.45, 2.75) is 17.7 Å². The van der Waals surface area contributed by atoms with E-state index >= 15 is 0 Å². The van der Waals surface area contributed by atoms with Crippen LogP contribution in [0, 0.1) is 17.2 Å². The smallest absolute Gasteiger partial charge is 0.309 e. The highest BCUT2D eigenvalue weighted by atomic mass is 32.2. The van der Waals surface area contributed by atoms with Crippen LogP contribution in [0.2, 0.25) is 0 Å². The molecule has 0 bridgehead atoms. The number of esters is 1. The molecule has 1 aliphatic rings. The number of benzene rings is 1. The van der Waals surface area contributed by atoms with Crippen LogP contribution in [-0.2, 0) is 19.6 Å². The summed E-state index contributed by atoms with van der Waals surface area (Å²) in [5, 5.41) is 8.74. The standard InChI is InChI=1S/C14H16N2O4S/c1-20-14(17)12-3-2-8-16(10-12)21(18,19)13-6-4-11(9-15)5-7-13/h4-7,12H,2-3,8,10H2,1H3/t12-/m0/s1. The third-order valence-corrected chi connectivity index (χ3v) is 5.42. The van der Waals surface area contributed by atoms with E-state index in [0.29, 0.717) is 24.9 Å². The molecule has 1 fully saturated rings. The van der Waals surface area contributed by atoms with Crippen LogP contribution in [0.15, 0.2) is 29.2 Å². The van der Waals surface area contributed by atoms with E-state index in [0.717, 1.165) is 0 Å². The predicted molar refractivity (Wildman–Crippen MR) is 74.7 cm³/mol. The monoisotopic (exact) mass is 308 g/mol. The Morgan fingerprint density at radius 3 is 2.62 bits per heavy atom. The fourth-order valence-corrected chi connectivity index (χ4v) is 3.89. The van der Waals surface area contributed by atoms with Crippen LogP contribution in [0.1, 0.15) is 18.4 Å². The van der Waals surface area contributed by atoms with Crippen LogP contribution >= 0.6 is 0 Å².